The number of rotatable bonds is 4. The second-order valence-electron chi connectivity index (χ2n) is 5.73. The Labute approximate surface area is 123 Å². The van der Waals surface area contributed by atoms with E-state index in [0.717, 1.165) is 32.4 Å². The van der Waals surface area contributed by atoms with Gasteiger partial charge in [-0.3, -0.25) is 15.5 Å². The molecule has 0 amide bonds. The molecule has 0 spiro atoms. The molecule has 0 bridgehead atoms. The van der Waals surface area contributed by atoms with Gasteiger partial charge in [-0.05, 0) is 31.1 Å². The summed E-state index contributed by atoms with van der Waals surface area (Å²) in [6.45, 7) is 5.99. The highest BCUT2D eigenvalue weighted by molar-refractivity contribution is 5.58. The molecule has 2 heterocycles. The van der Waals surface area contributed by atoms with Gasteiger partial charge in [-0.15, -0.1) is 0 Å². The van der Waals surface area contributed by atoms with Crippen LogP contribution in [0.3, 0.4) is 0 Å². The van der Waals surface area contributed by atoms with Gasteiger partial charge in [0.1, 0.15) is 6.20 Å². The summed E-state index contributed by atoms with van der Waals surface area (Å²) < 4.78 is 0. The first-order valence-corrected chi connectivity index (χ1v) is 7.26. The van der Waals surface area contributed by atoms with Gasteiger partial charge in [0.25, 0.3) is 0 Å². The van der Waals surface area contributed by atoms with Gasteiger partial charge < -0.3 is 4.90 Å². The van der Waals surface area contributed by atoms with Crippen molar-refractivity contribution in [1.82, 2.24) is 9.97 Å². The van der Waals surface area contributed by atoms with E-state index in [0.29, 0.717) is 17.7 Å². The number of hydrogen-bond donors (Lipinski definition) is 2. The molecule has 1 saturated heterocycles. The number of aromatic nitrogens is 2. The average molecular weight is 294 g/mol. The number of nitro groups is 1. The van der Waals surface area contributed by atoms with Gasteiger partial charge >= 0.3 is 5.69 Å². The third kappa shape index (κ3) is 3.57. The summed E-state index contributed by atoms with van der Waals surface area (Å²) in [7, 11) is 0. The van der Waals surface area contributed by atoms with Crippen LogP contribution < -0.4 is 16.2 Å². The van der Waals surface area contributed by atoms with Crippen molar-refractivity contribution in [2.75, 3.05) is 23.4 Å². The average Bonchev–Trinajstić information content (AvgIpc) is 2.72. The summed E-state index contributed by atoms with van der Waals surface area (Å²) in [5.41, 5.74) is 2.27. The molecule has 1 aromatic heterocycles. The fraction of sp³-hybridized carbons (Fsp3) is 0.692. The molecule has 1 aliphatic heterocycles. The van der Waals surface area contributed by atoms with Crippen LogP contribution in [-0.2, 0) is 0 Å². The first-order valence-electron chi connectivity index (χ1n) is 7.26. The minimum absolute atomic E-state index is 0.0722. The second-order valence-corrected chi connectivity index (χ2v) is 5.73. The lowest BCUT2D eigenvalue weighted by Crippen LogP contribution is -2.27. The molecule has 21 heavy (non-hydrogen) atoms. The van der Waals surface area contributed by atoms with Crippen LogP contribution in [0.1, 0.15) is 33.1 Å². The summed E-state index contributed by atoms with van der Waals surface area (Å²) in [5, 5.41) is 11.2. The monoisotopic (exact) mass is 294 g/mol. The highest BCUT2D eigenvalue weighted by atomic mass is 16.6. The number of nitrogens with one attached hydrogen (secondary N) is 1. The molecule has 0 aromatic carbocycles. The third-order valence-electron chi connectivity index (χ3n) is 4.09. The summed E-state index contributed by atoms with van der Waals surface area (Å²) in [5.74, 6) is 7.14. The zero-order valence-electron chi connectivity index (χ0n) is 12.5. The van der Waals surface area contributed by atoms with Crippen LogP contribution in [0.15, 0.2) is 6.20 Å². The minimum atomic E-state index is -0.444. The molecule has 116 valence electrons. The molecule has 1 aliphatic rings. The van der Waals surface area contributed by atoms with Gasteiger partial charge in [0.15, 0.2) is 0 Å². The SMILES string of the molecule is CC(C)C1CCCN(c2nc(NN)ncc2[N+](=O)[O-])CC1. The molecule has 3 N–H and O–H groups in total. The molecule has 0 aliphatic carbocycles. The first kappa shape index (κ1) is 15.4. The molecular formula is C13H22N6O2. The third-order valence-corrected chi connectivity index (χ3v) is 4.09. The van der Waals surface area contributed by atoms with Crippen molar-refractivity contribution in [3.05, 3.63) is 16.3 Å². The normalized spacial score (nSPS) is 19.4. The molecule has 0 saturated carbocycles. The fourth-order valence-electron chi connectivity index (χ4n) is 2.80. The predicted octanol–water partition coefficient (Wildman–Crippen LogP) is 1.93. The number of hydrogen-bond acceptors (Lipinski definition) is 7. The lowest BCUT2D eigenvalue weighted by atomic mass is 9.89. The Balaban J connectivity index is 2.25. The van der Waals surface area contributed by atoms with Gasteiger partial charge in [0.05, 0.1) is 4.92 Å². The zero-order chi connectivity index (χ0) is 15.4. The van der Waals surface area contributed by atoms with E-state index in [1.165, 1.54) is 6.20 Å². The van der Waals surface area contributed by atoms with E-state index in [-0.39, 0.29) is 11.6 Å². The molecule has 1 atom stereocenters. The van der Waals surface area contributed by atoms with Crippen LogP contribution in [0.5, 0.6) is 0 Å². The highest BCUT2D eigenvalue weighted by Crippen LogP contribution is 2.31. The van der Waals surface area contributed by atoms with E-state index in [4.69, 9.17) is 5.84 Å². The van der Waals surface area contributed by atoms with Crippen molar-refractivity contribution in [2.24, 2.45) is 17.7 Å². The molecule has 1 fully saturated rings. The van der Waals surface area contributed by atoms with Crippen molar-refractivity contribution in [3.63, 3.8) is 0 Å². The van der Waals surface area contributed by atoms with Crippen LogP contribution in [-0.4, -0.2) is 28.0 Å². The Morgan fingerprint density at radius 3 is 2.86 bits per heavy atom. The van der Waals surface area contributed by atoms with E-state index in [9.17, 15) is 10.1 Å². The van der Waals surface area contributed by atoms with Crippen molar-refractivity contribution >= 4 is 17.5 Å². The van der Waals surface area contributed by atoms with E-state index < -0.39 is 4.92 Å². The van der Waals surface area contributed by atoms with Crippen molar-refractivity contribution in [2.45, 2.75) is 33.1 Å². The molecule has 8 nitrogen and oxygen atoms in total. The number of nitrogens with zero attached hydrogens (tertiary/aromatic N) is 4. The van der Waals surface area contributed by atoms with Gasteiger partial charge in [0, 0.05) is 13.1 Å². The Hall–Kier alpha value is -1.96. The smallest absolute Gasteiger partial charge is 0.329 e. The Morgan fingerprint density at radius 2 is 2.24 bits per heavy atom. The molecular weight excluding hydrogens is 272 g/mol. The van der Waals surface area contributed by atoms with E-state index in [2.05, 4.69) is 29.2 Å². The summed E-state index contributed by atoms with van der Waals surface area (Å²) in [4.78, 5) is 20.7. The Morgan fingerprint density at radius 1 is 1.48 bits per heavy atom. The molecule has 0 radical (unpaired) electrons. The number of hydrazine groups is 1. The molecule has 1 unspecified atom stereocenters. The summed E-state index contributed by atoms with van der Waals surface area (Å²) in [6.07, 6.45) is 4.39. The van der Waals surface area contributed by atoms with E-state index >= 15 is 0 Å². The first-order chi connectivity index (χ1) is 10.0. The standard InChI is InChI=1S/C13H22N6O2/c1-9(2)10-4-3-6-18(7-5-10)12-11(19(20)21)8-15-13(16-12)17-14/h8-10H,3-7,14H2,1-2H3,(H,15,16,17). The number of nitrogen functional groups attached to an aromatic ring is 1. The van der Waals surface area contributed by atoms with Crippen LogP contribution in [0, 0.1) is 22.0 Å². The van der Waals surface area contributed by atoms with Crippen LogP contribution in [0.25, 0.3) is 0 Å². The van der Waals surface area contributed by atoms with Crippen molar-refractivity contribution in [3.8, 4) is 0 Å². The minimum Gasteiger partial charge on any atom is -0.351 e. The van der Waals surface area contributed by atoms with Crippen molar-refractivity contribution < 1.29 is 4.92 Å². The van der Waals surface area contributed by atoms with Gasteiger partial charge in [-0.1, -0.05) is 13.8 Å². The molecule has 2 rings (SSSR count). The zero-order valence-corrected chi connectivity index (χ0v) is 12.5. The lowest BCUT2D eigenvalue weighted by molar-refractivity contribution is -0.384. The van der Waals surface area contributed by atoms with Crippen LogP contribution >= 0.6 is 0 Å². The Bertz CT molecular complexity index is 507. The maximum atomic E-state index is 11.2. The highest BCUT2D eigenvalue weighted by Gasteiger charge is 2.26. The van der Waals surface area contributed by atoms with Gasteiger partial charge in [0.2, 0.25) is 11.8 Å². The summed E-state index contributed by atoms with van der Waals surface area (Å²) in [6, 6.07) is 0. The molecule has 1 aromatic rings. The molecule has 8 heteroatoms. The second kappa shape index (κ2) is 6.66. The number of nitrogens with two attached hydrogens (primary N) is 1. The van der Waals surface area contributed by atoms with Crippen molar-refractivity contribution in [1.29, 1.82) is 0 Å². The maximum absolute atomic E-state index is 11.2. The van der Waals surface area contributed by atoms with Crippen LogP contribution in [0.4, 0.5) is 17.5 Å². The van der Waals surface area contributed by atoms with E-state index in [1.54, 1.807) is 0 Å². The van der Waals surface area contributed by atoms with Gasteiger partial charge in [-0.25, -0.2) is 10.8 Å². The lowest BCUT2D eigenvalue weighted by Gasteiger charge is -2.22. The largest absolute Gasteiger partial charge is 0.351 e. The number of anilines is 2. The summed E-state index contributed by atoms with van der Waals surface area (Å²) >= 11 is 0. The van der Waals surface area contributed by atoms with Crippen LogP contribution in [0.2, 0.25) is 0 Å². The predicted molar refractivity (Wildman–Crippen MR) is 80.9 cm³/mol. The fourth-order valence-corrected chi connectivity index (χ4v) is 2.80. The topological polar surface area (TPSA) is 110 Å². The Kier molecular flexibility index (Phi) is 4.89. The van der Waals surface area contributed by atoms with E-state index in [1.807, 2.05) is 4.90 Å². The quantitative estimate of drug-likeness (QED) is 0.496. The maximum Gasteiger partial charge on any atom is 0.329 e. The van der Waals surface area contributed by atoms with Gasteiger partial charge in [-0.2, -0.15) is 4.98 Å².